The Morgan fingerprint density at radius 3 is 2.63 bits per heavy atom. The van der Waals surface area contributed by atoms with Gasteiger partial charge in [0.05, 0.1) is 17.3 Å². The maximum Gasteiger partial charge on any atom is 0.124 e. The summed E-state index contributed by atoms with van der Waals surface area (Å²) in [5.41, 5.74) is 1.95. The topological polar surface area (TPSA) is 21.3 Å². The fraction of sp³-hybridized carbons (Fsp3) is 0.200. The van der Waals surface area contributed by atoms with E-state index in [4.69, 9.17) is 27.9 Å². The lowest BCUT2D eigenvalue weighted by atomic mass is 10.2. The lowest BCUT2D eigenvalue weighted by molar-refractivity contribution is 0.337. The van der Waals surface area contributed by atoms with E-state index in [1.807, 2.05) is 43.3 Å². The summed E-state index contributed by atoms with van der Waals surface area (Å²) >= 11 is 12.0. The van der Waals surface area contributed by atoms with Gasteiger partial charge in [0.1, 0.15) is 5.75 Å². The lowest BCUT2D eigenvalue weighted by Crippen LogP contribution is -2.03. The smallest absolute Gasteiger partial charge is 0.124 e. The summed E-state index contributed by atoms with van der Waals surface area (Å²) in [6, 6.07) is 13.3. The molecule has 4 heteroatoms. The number of hydrogen-bond acceptors (Lipinski definition) is 2. The molecule has 1 N–H and O–H groups in total. The van der Waals surface area contributed by atoms with Gasteiger partial charge in [-0.2, -0.15) is 0 Å². The van der Waals surface area contributed by atoms with Crippen molar-refractivity contribution in [1.82, 2.24) is 0 Å². The summed E-state index contributed by atoms with van der Waals surface area (Å²) in [5.74, 6) is 0.891. The second kappa shape index (κ2) is 6.69. The third-order valence-electron chi connectivity index (χ3n) is 2.67. The Morgan fingerprint density at radius 2 is 1.89 bits per heavy atom. The number of nitrogens with one attached hydrogen (secondary N) is 1. The van der Waals surface area contributed by atoms with Gasteiger partial charge < -0.3 is 10.1 Å². The van der Waals surface area contributed by atoms with Gasteiger partial charge in [0.15, 0.2) is 0 Å². The van der Waals surface area contributed by atoms with E-state index >= 15 is 0 Å². The van der Waals surface area contributed by atoms with Crippen molar-refractivity contribution in [3.63, 3.8) is 0 Å². The van der Waals surface area contributed by atoms with E-state index in [-0.39, 0.29) is 0 Å². The van der Waals surface area contributed by atoms with E-state index in [1.165, 1.54) is 0 Å². The first-order valence-electron chi connectivity index (χ1n) is 6.10. The molecule has 0 unspecified atom stereocenters. The quantitative estimate of drug-likeness (QED) is 0.838. The average molecular weight is 296 g/mol. The second-order valence-corrected chi connectivity index (χ2v) is 4.86. The summed E-state index contributed by atoms with van der Waals surface area (Å²) in [7, 11) is 0. The highest BCUT2D eigenvalue weighted by atomic mass is 35.5. The molecule has 0 spiro atoms. The van der Waals surface area contributed by atoms with E-state index in [0.29, 0.717) is 23.2 Å². The van der Waals surface area contributed by atoms with Gasteiger partial charge in [0.25, 0.3) is 0 Å². The number of anilines is 1. The third-order valence-corrected chi connectivity index (χ3v) is 3.22. The van der Waals surface area contributed by atoms with Gasteiger partial charge >= 0.3 is 0 Å². The maximum atomic E-state index is 6.12. The van der Waals surface area contributed by atoms with Crippen molar-refractivity contribution in [3.8, 4) is 5.75 Å². The van der Waals surface area contributed by atoms with Gasteiger partial charge in [0.2, 0.25) is 0 Å². The van der Waals surface area contributed by atoms with Crippen LogP contribution in [0.5, 0.6) is 5.75 Å². The molecular weight excluding hydrogens is 281 g/mol. The number of hydrogen-bond donors (Lipinski definition) is 1. The van der Waals surface area contributed by atoms with Crippen molar-refractivity contribution in [2.75, 3.05) is 11.9 Å². The molecule has 0 saturated heterocycles. The molecule has 2 nitrogen and oxygen atoms in total. The Labute approximate surface area is 123 Å². The molecule has 0 atom stereocenters. The normalized spacial score (nSPS) is 10.3. The summed E-state index contributed by atoms with van der Waals surface area (Å²) < 4.78 is 5.58. The fourth-order valence-corrected chi connectivity index (χ4v) is 2.24. The van der Waals surface area contributed by atoms with Crippen LogP contribution >= 0.6 is 23.2 Å². The van der Waals surface area contributed by atoms with E-state index in [9.17, 15) is 0 Å². The highest BCUT2D eigenvalue weighted by Gasteiger charge is 2.04. The molecule has 0 aliphatic rings. The first-order chi connectivity index (χ1) is 9.20. The number of benzene rings is 2. The number of para-hydroxylation sites is 1. The molecule has 0 radical (unpaired) electrons. The van der Waals surface area contributed by atoms with E-state index in [2.05, 4.69) is 5.32 Å². The Morgan fingerprint density at radius 1 is 1.11 bits per heavy atom. The zero-order valence-corrected chi connectivity index (χ0v) is 12.1. The minimum Gasteiger partial charge on any atom is -0.494 e. The van der Waals surface area contributed by atoms with Crippen LogP contribution in [0, 0.1) is 0 Å². The first-order valence-corrected chi connectivity index (χ1v) is 6.86. The van der Waals surface area contributed by atoms with Crippen molar-refractivity contribution in [1.29, 1.82) is 0 Å². The SMILES string of the molecule is CCOc1ccccc1CNc1ccc(Cl)cc1Cl. The van der Waals surface area contributed by atoms with Crippen LogP contribution in [0.3, 0.4) is 0 Å². The summed E-state index contributed by atoms with van der Waals surface area (Å²) in [4.78, 5) is 0. The Hall–Kier alpha value is -1.38. The monoisotopic (exact) mass is 295 g/mol. The van der Waals surface area contributed by atoms with Gasteiger partial charge in [-0.3, -0.25) is 0 Å². The maximum absolute atomic E-state index is 6.12. The molecule has 2 aromatic carbocycles. The molecule has 0 aliphatic heterocycles. The standard InChI is InChI=1S/C15H15Cl2NO/c1-2-19-15-6-4-3-5-11(15)10-18-14-8-7-12(16)9-13(14)17/h3-9,18H,2,10H2,1H3. The highest BCUT2D eigenvalue weighted by Crippen LogP contribution is 2.27. The molecule has 0 aromatic heterocycles. The molecular formula is C15H15Cl2NO. The third kappa shape index (κ3) is 3.79. The molecule has 100 valence electrons. The van der Waals surface area contributed by atoms with Crippen molar-refractivity contribution in [2.45, 2.75) is 13.5 Å². The molecule has 0 aliphatic carbocycles. The predicted molar refractivity (Wildman–Crippen MR) is 81.4 cm³/mol. The molecule has 0 heterocycles. The largest absolute Gasteiger partial charge is 0.494 e. The molecule has 2 rings (SSSR count). The van der Waals surface area contributed by atoms with Crippen LogP contribution in [0.25, 0.3) is 0 Å². The molecule has 0 saturated carbocycles. The van der Waals surface area contributed by atoms with Crippen LogP contribution in [0.4, 0.5) is 5.69 Å². The molecule has 19 heavy (non-hydrogen) atoms. The summed E-state index contributed by atoms with van der Waals surface area (Å²) in [5, 5.41) is 4.53. The molecule has 0 amide bonds. The summed E-state index contributed by atoms with van der Waals surface area (Å²) in [6.07, 6.45) is 0. The van der Waals surface area contributed by atoms with Crippen molar-refractivity contribution < 1.29 is 4.74 Å². The van der Waals surface area contributed by atoms with Crippen molar-refractivity contribution >= 4 is 28.9 Å². The molecule has 0 bridgehead atoms. The number of ether oxygens (including phenoxy) is 1. The minimum absolute atomic E-state index is 0.612. The minimum atomic E-state index is 0.612. The average Bonchev–Trinajstić information content (AvgIpc) is 2.40. The van der Waals surface area contributed by atoms with E-state index < -0.39 is 0 Å². The van der Waals surface area contributed by atoms with Gasteiger partial charge in [-0.05, 0) is 31.2 Å². The van der Waals surface area contributed by atoms with Crippen molar-refractivity contribution in [2.24, 2.45) is 0 Å². The fourth-order valence-electron chi connectivity index (χ4n) is 1.77. The molecule has 0 fully saturated rings. The Bertz CT molecular complexity index is 558. The molecule has 2 aromatic rings. The van der Waals surface area contributed by atoms with Crippen LogP contribution in [-0.4, -0.2) is 6.61 Å². The van der Waals surface area contributed by atoms with E-state index in [1.54, 1.807) is 6.07 Å². The van der Waals surface area contributed by atoms with Gasteiger partial charge in [0, 0.05) is 17.1 Å². The van der Waals surface area contributed by atoms with Crippen LogP contribution in [0.2, 0.25) is 10.0 Å². The van der Waals surface area contributed by atoms with Crippen LogP contribution in [0.15, 0.2) is 42.5 Å². The highest BCUT2D eigenvalue weighted by molar-refractivity contribution is 6.36. The summed E-state index contributed by atoms with van der Waals surface area (Å²) in [6.45, 7) is 3.27. The zero-order chi connectivity index (χ0) is 13.7. The van der Waals surface area contributed by atoms with Crippen LogP contribution in [-0.2, 0) is 6.54 Å². The van der Waals surface area contributed by atoms with Crippen LogP contribution in [0.1, 0.15) is 12.5 Å². The zero-order valence-electron chi connectivity index (χ0n) is 10.6. The van der Waals surface area contributed by atoms with Gasteiger partial charge in [-0.1, -0.05) is 41.4 Å². The number of halogens is 2. The predicted octanol–water partition coefficient (Wildman–Crippen LogP) is 5.00. The Balaban J connectivity index is 2.10. The van der Waals surface area contributed by atoms with E-state index in [0.717, 1.165) is 17.0 Å². The lowest BCUT2D eigenvalue weighted by Gasteiger charge is -2.12. The van der Waals surface area contributed by atoms with Gasteiger partial charge in [-0.25, -0.2) is 0 Å². The van der Waals surface area contributed by atoms with Gasteiger partial charge in [-0.15, -0.1) is 0 Å². The second-order valence-electron chi connectivity index (χ2n) is 4.02. The van der Waals surface area contributed by atoms with Crippen molar-refractivity contribution in [3.05, 3.63) is 58.1 Å². The Kier molecular flexibility index (Phi) is 4.94. The number of rotatable bonds is 5. The first kappa shape index (κ1) is 14.0. The van der Waals surface area contributed by atoms with Crippen LogP contribution < -0.4 is 10.1 Å².